The molecule has 2 aromatic carbocycles. The van der Waals surface area contributed by atoms with E-state index in [1.165, 1.54) is 0 Å². The van der Waals surface area contributed by atoms with Crippen LogP contribution in [-0.4, -0.2) is 16.2 Å². The van der Waals surface area contributed by atoms with Crippen molar-refractivity contribution in [3.8, 4) is 17.0 Å². The Kier molecular flexibility index (Phi) is 4.43. The summed E-state index contributed by atoms with van der Waals surface area (Å²) in [6.45, 7) is 3.60. The van der Waals surface area contributed by atoms with E-state index >= 15 is 0 Å². The van der Waals surface area contributed by atoms with Crippen LogP contribution in [0, 0.1) is 0 Å². The standard InChI is InChI=1S/C19H15NO4/c1-13(19(21)22)18(23-15-10-6-3-7-11-15)17-12-16(20-24-17)14-8-4-2-5-9-14/h2-12,18H,1H2,(H,21,22). The lowest BCUT2D eigenvalue weighted by Crippen LogP contribution is -2.15. The number of hydrogen-bond donors (Lipinski definition) is 1. The average Bonchev–Trinajstić information content (AvgIpc) is 3.10. The van der Waals surface area contributed by atoms with E-state index in [0.717, 1.165) is 5.56 Å². The predicted octanol–water partition coefficient (Wildman–Crippen LogP) is 4.10. The fraction of sp³-hybridized carbons (Fsp3) is 0.0526. The summed E-state index contributed by atoms with van der Waals surface area (Å²) in [4.78, 5) is 11.3. The van der Waals surface area contributed by atoms with E-state index in [-0.39, 0.29) is 11.3 Å². The maximum absolute atomic E-state index is 11.3. The molecule has 0 fully saturated rings. The molecule has 0 bridgehead atoms. The van der Waals surface area contributed by atoms with Crippen LogP contribution < -0.4 is 4.74 Å². The van der Waals surface area contributed by atoms with Crippen LogP contribution in [0.3, 0.4) is 0 Å². The first-order valence-electron chi connectivity index (χ1n) is 7.31. The molecule has 5 heteroatoms. The molecule has 0 aliphatic rings. The van der Waals surface area contributed by atoms with Gasteiger partial charge in [0.25, 0.3) is 0 Å². The zero-order valence-corrected chi connectivity index (χ0v) is 12.8. The molecule has 0 saturated carbocycles. The lowest BCUT2D eigenvalue weighted by atomic mass is 10.1. The van der Waals surface area contributed by atoms with Crippen molar-refractivity contribution in [3.63, 3.8) is 0 Å². The van der Waals surface area contributed by atoms with Gasteiger partial charge in [0, 0.05) is 11.6 Å². The Bertz CT molecular complexity index is 840. The molecule has 24 heavy (non-hydrogen) atoms. The molecule has 1 unspecified atom stereocenters. The van der Waals surface area contributed by atoms with Gasteiger partial charge in [0.05, 0.1) is 5.57 Å². The number of ether oxygens (including phenoxy) is 1. The van der Waals surface area contributed by atoms with Crippen LogP contribution >= 0.6 is 0 Å². The minimum Gasteiger partial charge on any atom is -0.478 e. The second-order valence-corrected chi connectivity index (χ2v) is 5.12. The highest BCUT2D eigenvalue weighted by atomic mass is 16.5. The number of aromatic nitrogens is 1. The van der Waals surface area contributed by atoms with E-state index in [4.69, 9.17) is 9.26 Å². The molecule has 1 aromatic heterocycles. The van der Waals surface area contributed by atoms with Crippen molar-refractivity contribution in [2.45, 2.75) is 6.10 Å². The molecule has 120 valence electrons. The Hall–Kier alpha value is -3.34. The third-order valence-corrected chi connectivity index (χ3v) is 3.44. The van der Waals surface area contributed by atoms with E-state index in [2.05, 4.69) is 11.7 Å². The molecule has 3 aromatic rings. The number of carbonyl (C=O) groups is 1. The van der Waals surface area contributed by atoms with Gasteiger partial charge in [0.1, 0.15) is 11.4 Å². The summed E-state index contributed by atoms with van der Waals surface area (Å²) in [6.07, 6.45) is -0.963. The van der Waals surface area contributed by atoms with Gasteiger partial charge in [-0.2, -0.15) is 0 Å². The van der Waals surface area contributed by atoms with Crippen molar-refractivity contribution in [2.24, 2.45) is 0 Å². The van der Waals surface area contributed by atoms with Gasteiger partial charge in [0.2, 0.25) is 0 Å². The molecule has 0 aliphatic heterocycles. The van der Waals surface area contributed by atoms with Crippen molar-refractivity contribution < 1.29 is 19.2 Å². The number of benzene rings is 2. The first-order valence-corrected chi connectivity index (χ1v) is 7.31. The second kappa shape index (κ2) is 6.83. The molecule has 1 N–H and O–H groups in total. The maximum Gasteiger partial charge on any atom is 0.335 e. The number of hydrogen-bond acceptors (Lipinski definition) is 4. The molecular formula is C19H15NO4. The third-order valence-electron chi connectivity index (χ3n) is 3.44. The van der Waals surface area contributed by atoms with Crippen molar-refractivity contribution in [2.75, 3.05) is 0 Å². The van der Waals surface area contributed by atoms with E-state index in [1.807, 2.05) is 36.4 Å². The number of carboxylic acids is 1. The summed E-state index contributed by atoms with van der Waals surface area (Å²) < 4.78 is 11.1. The summed E-state index contributed by atoms with van der Waals surface area (Å²) in [5.74, 6) is -0.360. The topological polar surface area (TPSA) is 72.6 Å². The zero-order valence-electron chi connectivity index (χ0n) is 12.8. The number of aliphatic carboxylic acids is 1. The number of rotatable bonds is 6. The number of carboxylic acid groups (broad SMARTS) is 1. The molecule has 5 nitrogen and oxygen atoms in total. The minimum absolute atomic E-state index is 0.130. The van der Waals surface area contributed by atoms with Crippen LogP contribution in [0.25, 0.3) is 11.3 Å². The van der Waals surface area contributed by atoms with Gasteiger partial charge < -0.3 is 14.4 Å². The Morgan fingerprint density at radius 3 is 2.33 bits per heavy atom. The Balaban J connectivity index is 1.92. The Morgan fingerprint density at radius 2 is 1.71 bits per heavy atom. The highest BCUT2D eigenvalue weighted by Gasteiger charge is 2.27. The van der Waals surface area contributed by atoms with Crippen molar-refractivity contribution in [1.82, 2.24) is 5.16 Å². The molecule has 0 radical (unpaired) electrons. The lowest BCUT2D eigenvalue weighted by molar-refractivity contribution is -0.133. The summed E-state index contributed by atoms with van der Waals surface area (Å²) in [5, 5.41) is 13.3. The average molecular weight is 321 g/mol. The minimum atomic E-state index is -1.16. The van der Waals surface area contributed by atoms with Gasteiger partial charge in [-0.1, -0.05) is 60.3 Å². The molecule has 1 atom stereocenters. The smallest absolute Gasteiger partial charge is 0.335 e. The second-order valence-electron chi connectivity index (χ2n) is 5.12. The van der Waals surface area contributed by atoms with Gasteiger partial charge in [-0.15, -0.1) is 0 Å². The van der Waals surface area contributed by atoms with E-state index in [0.29, 0.717) is 11.4 Å². The van der Waals surface area contributed by atoms with Crippen LogP contribution in [-0.2, 0) is 4.79 Å². The summed E-state index contributed by atoms with van der Waals surface area (Å²) in [5.41, 5.74) is 1.34. The monoisotopic (exact) mass is 321 g/mol. The number of para-hydroxylation sites is 1. The van der Waals surface area contributed by atoms with Crippen molar-refractivity contribution in [1.29, 1.82) is 0 Å². The van der Waals surface area contributed by atoms with Crippen LogP contribution in [0.4, 0.5) is 0 Å². The highest BCUT2D eigenvalue weighted by Crippen LogP contribution is 2.30. The fourth-order valence-corrected chi connectivity index (χ4v) is 2.21. The predicted molar refractivity (Wildman–Crippen MR) is 88.5 cm³/mol. The van der Waals surface area contributed by atoms with Crippen LogP contribution in [0.2, 0.25) is 0 Å². The van der Waals surface area contributed by atoms with E-state index in [9.17, 15) is 9.90 Å². The van der Waals surface area contributed by atoms with Gasteiger partial charge in [0.15, 0.2) is 11.9 Å². The van der Waals surface area contributed by atoms with Crippen molar-refractivity contribution in [3.05, 3.63) is 84.6 Å². The van der Waals surface area contributed by atoms with Gasteiger partial charge in [-0.05, 0) is 12.1 Å². The van der Waals surface area contributed by atoms with Gasteiger partial charge >= 0.3 is 5.97 Å². The molecule has 0 saturated heterocycles. The van der Waals surface area contributed by atoms with Crippen LogP contribution in [0.15, 0.2) is 83.4 Å². The van der Waals surface area contributed by atoms with E-state index < -0.39 is 12.1 Å². The van der Waals surface area contributed by atoms with Crippen LogP contribution in [0.1, 0.15) is 11.9 Å². The molecular weight excluding hydrogens is 306 g/mol. The SMILES string of the molecule is C=C(C(=O)O)C(Oc1ccccc1)c1cc(-c2ccccc2)no1. The Morgan fingerprint density at radius 1 is 1.08 bits per heavy atom. The van der Waals surface area contributed by atoms with Gasteiger partial charge in [-0.3, -0.25) is 0 Å². The summed E-state index contributed by atoms with van der Waals surface area (Å²) in [6, 6.07) is 20.0. The molecule has 3 rings (SSSR count). The quantitative estimate of drug-likeness (QED) is 0.692. The molecule has 0 aliphatic carbocycles. The molecule has 0 amide bonds. The van der Waals surface area contributed by atoms with Crippen molar-refractivity contribution >= 4 is 5.97 Å². The van der Waals surface area contributed by atoms with E-state index in [1.54, 1.807) is 30.3 Å². The largest absolute Gasteiger partial charge is 0.478 e. The van der Waals surface area contributed by atoms with Crippen LogP contribution in [0.5, 0.6) is 5.75 Å². The summed E-state index contributed by atoms with van der Waals surface area (Å²) in [7, 11) is 0. The highest BCUT2D eigenvalue weighted by molar-refractivity contribution is 5.87. The summed E-state index contributed by atoms with van der Waals surface area (Å²) >= 11 is 0. The molecule has 0 spiro atoms. The lowest BCUT2D eigenvalue weighted by Gasteiger charge is -2.16. The number of nitrogens with zero attached hydrogens (tertiary/aromatic N) is 1. The normalized spacial score (nSPS) is 11.7. The fourth-order valence-electron chi connectivity index (χ4n) is 2.21. The molecule has 1 heterocycles. The Labute approximate surface area is 138 Å². The first-order chi connectivity index (χ1) is 11.6. The zero-order chi connectivity index (χ0) is 16.9. The van der Waals surface area contributed by atoms with Gasteiger partial charge in [-0.25, -0.2) is 4.79 Å². The first kappa shape index (κ1) is 15.6. The third kappa shape index (κ3) is 3.35. The maximum atomic E-state index is 11.3.